The fraction of sp³-hybridized carbons (Fsp3) is 0.385. The Balaban J connectivity index is 0.000000315. The summed E-state index contributed by atoms with van der Waals surface area (Å²) in [7, 11) is 0. The van der Waals surface area contributed by atoms with Crippen molar-refractivity contribution in [1.82, 2.24) is 0 Å². The van der Waals surface area contributed by atoms with Gasteiger partial charge < -0.3 is 9.53 Å². The fourth-order valence-corrected chi connectivity index (χ4v) is 0.896. The van der Waals surface area contributed by atoms with Crippen molar-refractivity contribution >= 4 is 11.8 Å². The summed E-state index contributed by atoms with van der Waals surface area (Å²) in [6.07, 6.45) is 0.502. The molecule has 0 heterocycles. The number of benzene rings is 1. The first kappa shape index (κ1) is 14.4. The maximum absolute atomic E-state index is 10.6. The maximum Gasteiger partial charge on any atom is 0.306 e. The molecule has 1 rings (SSSR count). The molecular formula is C13H18O3. The molecule has 88 valence electrons. The summed E-state index contributed by atoms with van der Waals surface area (Å²) in [5, 5.41) is 0. The van der Waals surface area contributed by atoms with Crippen molar-refractivity contribution in [2.24, 2.45) is 0 Å². The molecular weight excluding hydrogens is 204 g/mol. The number of rotatable bonds is 4. The lowest BCUT2D eigenvalue weighted by molar-refractivity contribution is -0.144. The number of ketones is 1. The van der Waals surface area contributed by atoms with Gasteiger partial charge in [-0.25, -0.2) is 0 Å². The minimum absolute atomic E-state index is 0.0213. The molecule has 3 heteroatoms. The highest BCUT2D eigenvalue weighted by Crippen LogP contribution is 1.92. The van der Waals surface area contributed by atoms with Crippen LogP contribution in [0.2, 0.25) is 0 Å². The van der Waals surface area contributed by atoms with E-state index in [1.807, 2.05) is 36.4 Å². The topological polar surface area (TPSA) is 43.4 Å². The normalized spacial score (nSPS) is 8.62. The number of hydrogen-bond donors (Lipinski definition) is 0. The molecule has 1 aromatic carbocycles. The fourth-order valence-electron chi connectivity index (χ4n) is 0.896. The van der Waals surface area contributed by atoms with Gasteiger partial charge in [0.2, 0.25) is 0 Å². The number of esters is 1. The number of Topliss-reactive ketones (excluding diaryl/α,β-unsaturated/α-hetero) is 1. The second kappa shape index (κ2) is 9.90. The highest BCUT2D eigenvalue weighted by Gasteiger charge is 2.02. The minimum atomic E-state index is -0.294. The molecule has 0 spiro atoms. The van der Waals surface area contributed by atoms with Crippen LogP contribution >= 0.6 is 0 Å². The molecule has 0 aliphatic rings. The second-order valence-corrected chi connectivity index (χ2v) is 3.16. The Labute approximate surface area is 96.4 Å². The van der Waals surface area contributed by atoms with Crippen LogP contribution in [0.1, 0.15) is 26.7 Å². The third-order valence-corrected chi connectivity index (χ3v) is 1.65. The average molecular weight is 222 g/mol. The van der Waals surface area contributed by atoms with E-state index in [9.17, 15) is 9.59 Å². The lowest BCUT2D eigenvalue weighted by atomic mass is 10.2. The molecule has 0 aliphatic carbocycles. The van der Waals surface area contributed by atoms with Crippen LogP contribution in [-0.2, 0) is 14.3 Å². The SMILES string of the molecule is CCOC(=O)CCC(C)=O.c1ccccc1. The molecule has 0 aliphatic heterocycles. The van der Waals surface area contributed by atoms with Gasteiger partial charge in [0.15, 0.2) is 0 Å². The summed E-state index contributed by atoms with van der Waals surface area (Å²) >= 11 is 0. The quantitative estimate of drug-likeness (QED) is 0.735. The van der Waals surface area contributed by atoms with E-state index in [0.29, 0.717) is 13.0 Å². The molecule has 0 saturated carbocycles. The summed E-state index contributed by atoms with van der Waals surface area (Å²) in [5.41, 5.74) is 0. The van der Waals surface area contributed by atoms with Crippen LogP contribution in [0.3, 0.4) is 0 Å². The zero-order chi connectivity index (χ0) is 12.2. The first-order valence-electron chi connectivity index (χ1n) is 5.32. The largest absolute Gasteiger partial charge is 0.466 e. The predicted molar refractivity (Wildman–Crippen MR) is 63.0 cm³/mol. The molecule has 0 amide bonds. The Bertz CT molecular complexity index is 267. The average Bonchev–Trinajstić information content (AvgIpc) is 2.30. The van der Waals surface area contributed by atoms with Crippen molar-refractivity contribution in [1.29, 1.82) is 0 Å². The van der Waals surface area contributed by atoms with Gasteiger partial charge >= 0.3 is 5.97 Å². The summed E-state index contributed by atoms with van der Waals surface area (Å²) in [6, 6.07) is 12.0. The summed E-state index contributed by atoms with van der Waals surface area (Å²) in [5.74, 6) is -0.272. The van der Waals surface area contributed by atoms with Crippen LogP contribution in [0.15, 0.2) is 36.4 Å². The Hall–Kier alpha value is -1.64. The third-order valence-electron chi connectivity index (χ3n) is 1.65. The van der Waals surface area contributed by atoms with Gasteiger partial charge in [-0.3, -0.25) is 4.79 Å². The molecule has 3 nitrogen and oxygen atoms in total. The van der Waals surface area contributed by atoms with E-state index in [1.54, 1.807) is 6.92 Å². The van der Waals surface area contributed by atoms with Gasteiger partial charge in [-0.2, -0.15) is 0 Å². The van der Waals surface area contributed by atoms with E-state index in [1.165, 1.54) is 6.92 Å². The first-order chi connectivity index (χ1) is 7.66. The van der Waals surface area contributed by atoms with E-state index in [0.717, 1.165) is 0 Å². The molecule has 0 bridgehead atoms. The van der Waals surface area contributed by atoms with Crippen molar-refractivity contribution in [2.45, 2.75) is 26.7 Å². The molecule has 0 fully saturated rings. The molecule has 0 radical (unpaired) electrons. The number of hydrogen-bond acceptors (Lipinski definition) is 3. The van der Waals surface area contributed by atoms with E-state index in [2.05, 4.69) is 4.74 Å². The zero-order valence-electron chi connectivity index (χ0n) is 9.81. The second-order valence-electron chi connectivity index (χ2n) is 3.16. The van der Waals surface area contributed by atoms with E-state index >= 15 is 0 Å². The van der Waals surface area contributed by atoms with Crippen LogP contribution in [0.4, 0.5) is 0 Å². The Morgan fingerprint density at radius 2 is 1.38 bits per heavy atom. The van der Waals surface area contributed by atoms with Crippen LogP contribution in [-0.4, -0.2) is 18.4 Å². The Morgan fingerprint density at radius 3 is 1.69 bits per heavy atom. The van der Waals surface area contributed by atoms with Gasteiger partial charge in [0, 0.05) is 6.42 Å². The first-order valence-corrected chi connectivity index (χ1v) is 5.32. The number of ether oxygens (including phenoxy) is 1. The van der Waals surface area contributed by atoms with E-state index in [-0.39, 0.29) is 18.2 Å². The monoisotopic (exact) mass is 222 g/mol. The smallest absolute Gasteiger partial charge is 0.306 e. The number of carbonyl (C=O) groups excluding carboxylic acids is 2. The van der Waals surface area contributed by atoms with Crippen LogP contribution in [0.5, 0.6) is 0 Å². The summed E-state index contributed by atoms with van der Waals surface area (Å²) in [6.45, 7) is 3.58. The molecule has 1 aromatic rings. The van der Waals surface area contributed by atoms with Gasteiger partial charge in [0.05, 0.1) is 13.0 Å². The van der Waals surface area contributed by atoms with Gasteiger partial charge in [0.25, 0.3) is 0 Å². The van der Waals surface area contributed by atoms with Crippen molar-refractivity contribution in [3.63, 3.8) is 0 Å². The zero-order valence-corrected chi connectivity index (χ0v) is 9.81. The molecule has 0 unspecified atom stereocenters. The highest BCUT2D eigenvalue weighted by atomic mass is 16.5. The molecule has 0 aromatic heterocycles. The third kappa shape index (κ3) is 10.4. The van der Waals surface area contributed by atoms with Crippen LogP contribution < -0.4 is 0 Å². The molecule has 0 atom stereocenters. The van der Waals surface area contributed by atoms with Crippen molar-refractivity contribution in [3.05, 3.63) is 36.4 Å². The highest BCUT2D eigenvalue weighted by molar-refractivity contribution is 5.80. The van der Waals surface area contributed by atoms with E-state index < -0.39 is 0 Å². The van der Waals surface area contributed by atoms with Gasteiger partial charge in [-0.15, -0.1) is 0 Å². The van der Waals surface area contributed by atoms with Gasteiger partial charge in [-0.05, 0) is 13.8 Å². The summed E-state index contributed by atoms with van der Waals surface area (Å²) < 4.78 is 4.60. The lowest BCUT2D eigenvalue weighted by Crippen LogP contribution is -2.05. The standard InChI is InChI=1S/C7H12O3.C6H6/c1-3-10-7(9)5-4-6(2)8;1-2-4-6-5-3-1/h3-5H2,1-2H3;1-6H. The minimum Gasteiger partial charge on any atom is -0.466 e. The maximum atomic E-state index is 10.6. The van der Waals surface area contributed by atoms with Crippen LogP contribution in [0, 0.1) is 0 Å². The lowest BCUT2D eigenvalue weighted by Gasteiger charge is -1.97. The molecule has 0 N–H and O–H groups in total. The van der Waals surface area contributed by atoms with Crippen molar-refractivity contribution in [2.75, 3.05) is 6.61 Å². The molecule has 16 heavy (non-hydrogen) atoms. The van der Waals surface area contributed by atoms with Gasteiger partial charge in [0.1, 0.15) is 5.78 Å². The number of carbonyl (C=O) groups is 2. The van der Waals surface area contributed by atoms with Crippen LogP contribution in [0.25, 0.3) is 0 Å². The van der Waals surface area contributed by atoms with Crippen molar-refractivity contribution < 1.29 is 14.3 Å². The molecule has 0 saturated heterocycles. The predicted octanol–water partition coefficient (Wildman–Crippen LogP) is 2.61. The Morgan fingerprint density at radius 1 is 0.938 bits per heavy atom. The van der Waals surface area contributed by atoms with E-state index in [4.69, 9.17) is 0 Å². The summed E-state index contributed by atoms with van der Waals surface area (Å²) in [4.78, 5) is 20.9. The Kier molecular flexibility index (Phi) is 8.88. The van der Waals surface area contributed by atoms with Gasteiger partial charge in [-0.1, -0.05) is 36.4 Å². The van der Waals surface area contributed by atoms with Crippen molar-refractivity contribution in [3.8, 4) is 0 Å².